The van der Waals surface area contributed by atoms with Crippen LogP contribution in [0.5, 0.6) is 0 Å². The molecule has 0 aromatic heterocycles. The largest absolute Gasteiger partial charge is 0.355 e. The van der Waals surface area contributed by atoms with Gasteiger partial charge in [-0.05, 0) is 36.2 Å². The van der Waals surface area contributed by atoms with E-state index in [4.69, 9.17) is 0 Å². The van der Waals surface area contributed by atoms with Gasteiger partial charge in [0.2, 0.25) is 11.8 Å². The zero-order valence-electron chi connectivity index (χ0n) is 18.9. The average Bonchev–Trinajstić information content (AvgIpc) is 2.83. The summed E-state index contributed by atoms with van der Waals surface area (Å²) in [6, 6.07) is 16.7. The van der Waals surface area contributed by atoms with Crippen molar-refractivity contribution in [2.45, 2.75) is 32.4 Å². The van der Waals surface area contributed by atoms with Crippen LogP contribution in [0.15, 0.2) is 66.7 Å². The Morgan fingerprint density at radius 1 is 0.912 bits per heavy atom. The normalized spacial score (nSPS) is 12.4. The van der Waals surface area contributed by atoms with Gasteiger partial charge < -0.3 is 16.0 Å². The minimum absolute atomic E-state index is 0.0746. The number of amides is 3. The summed E-state index contributed by atoms with van der Waals surface area (Å²) in [5.41, 5.74) is 0.959. The average molecular weight is 463 g/mol. The fraction of sp³-hybridized carbons (Fsp3) is 0.240. The molecule has 0 radical (unpaired) electrons. The maximum absolute atomic E-state index is 13.2. The van der Waals surface area contributed by atoms with E-state index in [0.29, 0.717) is 17.7 Å². The Morgan fingerprint density at radius 2 is 1.59 bits per heavy atom. The van der Waals surface area contributed by atoms with Crippen LogP contribution in [-0.4, -0.2) is 41.3 Å². The first kappa shape index (κ1) is 24.4. The number of nitrogens with one attached hydrogen (secondary N) is 3. The van der Waals surface area contributed by atoms with Gasteiger partial charge in [-0.3, -0.25) is 24.5 Å². The third kappa shape index (κ3) is 5.94. The van der Waals surface area contributed by atoms with E-state index >= 15 is 0 Å². The molecular weight excluding hydrogens is 436 g/mol. The highest BCUT2D eigenvalue weighted by molar-refractivity contribution is 6.08. The van der Waals surface area contributed by atoms with Crippen molar-refractivity contribution in [3.05, 3.63) is 88.0 Å². The van der Waals surface area contributed by atoms with Crippen LogP contribution in [0.3, 0.4) is 0 Å². The number of benzene rings is 3. The van der Waals surface area contributed by atoms with E-state index in [-0.39, 0.29) is 18.0 Å². The number of nitro benzene ring substituents is 1. The van der Waals surface area contributed by atoms with Gasteiger partial charge in [0, 0.05) is 30.7 Å². The minimum atomic E-state index is -1.01. The first-order valence-corrected chi connectivity index (χ1v) is 10.9. The number of nitro groups is 1. The highest BCUT2D eigenvalue weighted by Gasteiger charge is 2.26. The number of rotatable bonds is 9. The van der Waals surface area contributed by atoms with Crippen LogP contribution in [0.4, 0.5) is 5.69 Å². The molecule has 34 heavy (non-hydrogen) atoms. The standard InChI is InChI=1S/C25H26N4O5/c1-3-26-23(30)16(2)27-25(32)22(15-17-11-13-19(14-12-17)29(33)34)28-24(31)21-10-6-8-18-7-4-5-9-20(18)21/h4-14,16,22H,3,15H2,1-2H3,(H,26,30)(H,27,32)(H,28,31)/t16?,22-/m0/s1. The molecule has 0 saturated heterocycles. The van der Waals surface area contributed by atoms with Gasteiger partial charge in [-0.1, -0.05) is 48.5 Å². The van der Waals surface area contributed by atoms with Crippen molar-refractivity contribution in [2.24, 2.45) is 0 Å². The van der Waals surface area contributed by atoms with E-state index in [1.54, 1.807) is 26.0 Å². The molecule has 0 fully saturated rings. The molecule has 2 atom stereocenters. The predicted molar refractivity (Wildman–Crippen MR) is 128 cm³/mol. The monoisotopic (exact) mass is 462 g/mol. The predicted octanol–water partition coefficient (Wildman–Crippen LogP) is 2.73. The van der Waals surface area contributed by atoms with Crippen LogP contribution in [0, 0.1) is 10.1 Å². The number of hydrogen-bond donors (Lipinski definition) is 3. The van der Waals surface area contributed by atoms with Gasteiger partial charge >= 0.3 is 0 Å². The summed E-state index contributed by atoms with van der Waals surface area (Å²) in [6.07, 6.45) is 0.0858. The Labute approximate surface area is 196 Å². The molecule has 0 heterocycles. The highest BCUT2D eigenvalue weighted by atomic mass is 16.6. The van der Waals surface area contributed by atoms with Crippen LogP contribution in [0.1, 0.15) is 29.8 Å². The number of likely N-dealkylation sites (N-methyl/N-ethyl adjacent to an activating group) is 1. The van der Waals surface area contributed by atoms with Gasteiger partial charge in [0.1, 0.15) is 12.1 Å². The molecule has 176 valence electrons. The number of carbonyl (C=O) groups is 3. The van der Waals surface area contributed by atoms with E-state index in [9.17, 15) is 24.5 Å². The lowest BCUT2D eigenvalue weighted by Crippen LogP contribution is -2.53. The molecule has 1 unspecified atom stereocenters. The van der Waals surface area contributed by atoms with Crippen molar-refractivity contribution < 1.29 is 19.3 Å². The second kappa shape index (κ2) is 11.0. The summed E-state index contributed by atoms with van der Waals surface area (Å²) >= 11 is 0. The topological polar surface area (TPSA) is 130 Å². The number of carbonyl (C=O) groups excluding carboxylic acids is 3. The van der Waals surface area contributed by atoms with Crippen molar-refractivity contribution in [3.63, 3.8) is 0 Å². The van der Waals surface area contributed by atoms with E-state index in [0.717, 1.165) is 10.8 Å². The molecular formula is C25H26N4O5. The lowest BCUT2D eigenvalue weighted by molar-refractivity contribution is -0.384. The highest BCUT2D eigenvalue weighted by Crippen LogP contribution is 2.19. The lowest BCUT2D eigenvalue weighted by Gasteiger charge is -2.21. The Morgan fingerprint density at radius 3 is 2.26 bits per heavy atom. The number of non-ortho nitro benzene ring substituents is 1. The molecule has 9 nitrogen and oxygen atoms in total. The maximum Gasteiger partial charge on any atom is 0.269 e. The first-order chi connectivity index (χ1) is 16.3. The molecule has 0 aliphatic heterocycles. The zero-order chi connectivity index (χ0) is 24.7. The van der Waals surface area contributed by atoms with Crippen molar-refractivity contribution in [3.8, 4) is 0 Å². The summed E-state index contributed by atoms with van der Waals surface area (Å²) in [4.78, 5) is 48.7. The first-order valence-electron chi connectivity index (χ1n) is 10.9. The Kier molecular flexibility index (Phi) is 7.92. The van der Waals surface area contributed by atoms with Crippen molar-refractivity contribution >= 4 is 34.2 Å². The summed E-state index contributed by atoms with van der Waals surface area (Å²) in [7, 11) is 0. The third-order valence-corrected chi connectivity index (χ3v) is 5.35. The van der Waals surface area contributed by atoms with E-state index < -0.39 is 28.8 Å². The van der Waals surface area contributed by atoms with Crippen LogP contribution in [0.25, 0.3) is 10.8 Å². The van der Waals surface area contributed by atoms with E-state index in [1.807, 2.05) is 30.3 Å². The Balaban J connectivity index is 1.85. The van der Waals surface area contributed by atoms with Crippen molar-refractivity contribution in [1.82, 2.24) is 16.0 Å². The fourth-order valence-electron chi connectivity index (χ4n) is 3.56. The third-order valence-electron chi connectivity index (χ3n) is 5.35. The van der Waals surface area contributed by atoms with Gasteiger partial charge in [0.15, 0.2) is 0 Å². The molecule has 3 amide bonds. The molecule has 0 spiro atoms. The molecule has 0 aliphatic carbocycles. The molecule has 3 N–H and O–H groups in total. The van der Waals surface area contributed by atoms with E-state index in [1.165, 1.54) is 24.3 Å². The molecule has 0 aliphatic rings. The van der Waals surface area contributed by atoms with Gasteiger partial charge in [0.05, 0.1) is 4.92 Å². The summed E-state index contributed by atoms with van der Waals surface area (Å²) < 4.78 is 0. The van der Waals surface area contributed by atoms with Gasteiger partial charge in [-0.25, -0.2) is 0 Å². The van der Waals surface area contributed by atoms with Crippen molar-refractivity contribution in [1.29, 1.82) is 0 Å². The van der Waals surface area contributed by atoms with Crippen LogP contribution in [0.2, 0.25) is 0 Å². The molecule has 3 rings (SSSR count). The molecule has 9 heteroatoms. The zero-order valence-corrected chi connectivity index (χ0v) is 18.9. The number of nitrogens with zero attached hydrogens (tertiary/aromatic N) is 1. The molecule has 3 aromatic rings. The summed E-state index contributed by atoms with van der Waals surface area (Å²) in [5, 5.41) is 20.6. The van der Waals surface area contributed by atoms with Crippen molar-refractivity contribution in [2.75, 3.05) is 6.54 Å². The maximum atomic E-state index is 13.2. The fourth-order valence-corrected chi connectivity index (χ4v) is 3.56. The lowest BCUT2D eigenvalue weighted by atomic mass is 10.0. The minimum Gasteiger partial charge on any atom is -0.355 e. The molecule has 0 saturated carbocycles. The van der Waals surface area contributed by atoms with Crippen LogP contribution < -0.4 is 16.0 Å². The summed E-state index contributed by atoms with van der Waals surface area (Å²) in [5.74, 6) is -1.32. The van der Waals surface area contributed by atoms with E-state index in [2.05, 4.69) is 16.0 Å². The second-order valence-electron chi connectivity index (χ2n) is 7.81. The van der Waals surface area contributed by atoms with Gasteiger partial charge in [0.25, 0.3) is 11.6 Å². The van der Waals surface area contributed by atoms with Crippen LogP contribution >= 0.6 is 0 Å². The Hall–Kier alpha value is -4.27. The van der Waals surface area contributed by atoms with Crippen LogP contribution in [-0.2, 0) is 16.0 Å². The SMILES string of the molecule is CCNC(=O)C(C)NC(=O)[C@H](Cc1ccc([N+](=O)[O-])cc1)NC(=O)c1cccc2ccccc12. The summed E-state index contributed by atoms with van der Waals surface area (Å²) in [6.45, 7) is 3.75. The second-order valence-corrected chi connectivity index (χ2v) is 7.81. The number of hydrogen-bond acceptors (Lipinski definition) is 5. The smallest absolute Gasteiger partial charge is 0.269 e. The van der Waals surface area contributed by atoms with Gasteiger partial charge in [-0.2, -0.15) is 0 Å². The number of fused-ring (bicyclic) bond motifs is 1. The van der Waals surface area contributed by atoms with Gasteiger partial charge in [-0.15, -0.1) is 0 Å². The Bertz CT molecular complexity index is 1200. The molecule has 3 aromatic carbocycles. The molecule has 0 bridgehead atoms. The quantitative estimate of drug-likeness (QED) is 0.332.